The van der Waals surface area contributed by atoms with Crippen molar-refractivity contribution in [2.75, 3.05) is 12.3 Å². The summed E-state index contributed by atoms with van der Waals surface area (Å²) in [5.74, 6) is -0.0418. The van der Waals surface area contributed by atoms with Crippen LogP contribution in [0.2, 0.25) is 0 Å². The maximum atomic E-state index is 12.0. The first-order valence-electron chi connectivity index (χ1n) is 8.45. The Morgan fingerprint density at radius 3 is 2.59 bits per heavy atom. The highest BCUT2D eigenvalue weighted by atomic mass is 16.1. The van der Waals surface area contributed by atoms with Crippen molar-refractivity contribution in [3.63, 3.8) is 0 Å². The highest BCUT2D eigenvalue weighted by Gasteiger charge is 2.25. The van der Waals surface area contributed by atoms with E-state index in [2.05, 4.69) is 24.1 Å². The van der Waals surface area contributed by atoms with Crippen LogP contribution in [0.1, 0.15) is 62.4 Å². The van der Waals surface area contributed by atoms with Gasteiger partial charge >= 0.3 is 0 Å². The molecule has 2 atom stereocenters. The third kappa shape index (κ3) is 4.01. The number of hydrogen-bond acceptors (Lipinski definition) is 3. The minimum Gasteiger partial charge on any atom is -0.398 e. The lowest BCUT2D eigenvalue weighted by atomic mass is 9.96. The van der Waals surface area contributed by atoms with Gasteiger partial charge in [0.2, 0.25) is 0 Å². The van der Waals surface area contributed by atoms with Crippen molar-refractivity contribution < 1.29 is 4.79 Å². The van der Waals surface area contributed by atoms with E-state index in [9.17, 15) is 4.79 Å². The number of likely N-dealkylation sites (tertiary alicyclic amines) is 1. The van der Waals surface area contributed by atoms with Crippen molar-refractivity contribution in [1.29, 1.82) is 0 Å². The number of benzene rings is 1. The molecule has 4 heteroatoms. The summed E-state index contributed by atoms with van der Waals surface area (Å²) in [4.78, 5) is 14.5. The van der Waals surface area contributed by atoms with Crippen molar-refractivity contribution in [2.24, 2.45) is 0 Å². The molecular formula is C18H29N3O. The molecule has 1 aromatic rings. The van der Waals surface area contributed by atoms with Crippen molar-refractivity contribution in [1.82, 2.24) is 10.2 Å². The minimum absolute atomic E-state index is 0.0418. The van der Waals surface area contributed by atoms with Crippen molar-refractivity contribution in [3.8, 4) is 0 Å². The summed E-state index contributed by atoms with van der Waals surface area (Å²) in [6.45, 7) is 8.18. The first-order valence-corrected chi connectivity index (χ1v) is 8.45. The van der Waals surface area contributed by atoms with Gasteiger partial charge in [0.25, 0.3) is 5.91 Å². The topological polar surface area (TPSA) is 58.4 Å². The van der Waals surface area contributed by atoms with E-state index in [0.717, 1.165) is 18.5 Å². The predicted molar refractivity (Wildman–Crippen MR) is 91.8 cm³/mol. The van der Waals surface area contributed by atoms with E-state index >= 15 is 0 Å². The molecule has 0 aromatic heterocycles. The lowest BCUT2D eigenvalue weighted by Crippen LogP contribution is -2.43. The molecule has 0 saturated carbocycles. The van der Waals surface area contributed by atoms with Crippen LogP contribution in [0.25, 0.3) is 0 Å². The average Bonchev–Trinajstić information content (AvgIpc) is 2.50. The molecule has 1 aliphatic heterocycles. The van der Waals surface area contributed by atoms with Crippen LogP contribution in [0.3, 0.4) is 0 Å². The van der Waals surface area contributed by atoms with Crippen molar-refractivity contribution in [2.45, 2.75) is 65.1 Å². The molecule has 2 rings (SSSR count). The molecular weight excluding hydrogens is 274 g/mol. The number of nitrogen functional groups attached to an aromatic ring is 1. The molecule has 3 N–H and O–H groups in total. The molecule has 122 valence electrons. The van der Waals surface area contributed by atoms with E-state index in [1.165, 1.54) is 19.3 Å². The van der Waals surface area contributed by atoms with Gasteiger partial charge in [-0.05, 0) is 50.8 Å². The fraction of sp³-hybridized carbons (Fsp3) is 0.611. The summed E-state index contributed by atoms with van der Waals surface area (Å²) in [7, 11) is 0. The van der Waals surface area contributed by atoms with Gasteiger partial charge in [0, 0.05) is 36.4 Å². The molecule has 0 spiro atoms. The van der Waals surface area contributed by atoms with Gasteiger partial charge in [0.05, 0.1) is 0 Å². The number of carbonyl (C=O) groups is 1. The van der Waals surface area contributed by atoms with E-state index in [4.69, 9.17) is 5.73 Å². The van der Waals surface area contributed by atoms with Gasteiger partial charge in [0.15, 0.2) is 0 Å². The highest BCUT2D eigenvalue weighted by molar-refractivity contribution is 5.95. The number of nitrogens with two attached hydrogens (primary N) is 1. The SMILES string of the molecule is CCCNC(=O)c1ccc(CN2C(C)CCCC2C)c(N)c1. The molecule has 22 heavy (non-hydrogen) atoms. The van der Waals surface area contributed by atoms with E-state index in [1.54, 1.807) is 6.07 Å². The molecule has 1 heterocycles. The van der Waals surface area contributed by atoms with Crippen LogP contribution in [0.15, 0.2) is 18.2 Å². The van der Waals surface area contributed by atoms with E-state index in [0.29, 0.717) is 29.9 Å². The molecule has 1 aromatic carbocycles. The second kappa shape index (κ2) is 7.63. The first-order chi connectivity index (χ1) is 10.5. The highest BCUT2D eigenvalue weighted by Crippen LogP contribution is 2.26. The summed E-state index contributed by atoms with van der Waals surface area (Å²) in [5, 5.41) is 2.89. The van der Waals surface area contributed by atoms with E-state index in [-0.39, 0.29) is 5.91 Å². The zero-order valence-corrected chi connectivity index (χ0v) is 14.1. The third-order valence-electron chi connectivity index (χ3n) is 4.67. The average molecular weight is 303 g/mol. The van der Waals surface area contributed by atoms with Gasteiger partial charge < -0.3 is 11.1 Å². The standard InChI is InChI=1S/C18H29N3O/c1-4-10-20-18(22)15-8-9-16(17(19)11-15)12-21-13(2)6-5-7-14(21)3/h8-9,11,13-14H,4-7,10,12,19H2,1-3H3,(H,20,22). The Hall–Kier alpha value is -1.55. The Kier molecular flexibility index (Phi) is 5.83. The molecule has 1 fully saturated rings. The fourth-order valence-electron chi connectivity index (χ4n) is 3.20. The second-order valence-corrected chi connectivity index (χ2v) is 6.47. The van der Waals surface area contributed by atoms with Gasteiger partial charge in [0.1, 0.15) is 0 Å². The van der Waals surface area contributed by atoms with E-state index < -0.39 is 0 Å². The Bertz CT molecular complexity index is 505. The number of nitrogens with zero attached hydrogens (tertiary/aromatic N) is 1. The van der Waals surface area contributed by atoms with Crippen molar-refractivity contribution in [3.05, 3.63) is 29.3 Å². The number of anilines is 1. The van der Waals surface area contributed by atoms with Crippen LogP contribution >= 0.6 is 0 Å². The molecule has 2 unspecified atom stereocenters. The maximum Gasteiger partial charge on any atom is 0.251 e. The molecule has 0 aliphatic carbocycles. The van der Waals surface area contributed by atoms with Crippen molar-refractivity contribution >= 4 is 11.6 Å². The van der Waals surface area contributed by atoms with Crippen LogP contribution in [0, 0.1) is 0 Å². The van der Waals surface area contributed by atoms with Gasteiger partial charge in [-0.1, -0.05) is 19.4 Å². The number of carbonyl (C=O) groups excluding carboxylic acids is 1. The quantitative estimate of drug-likeness (QED) is 0.821. The molecule has 1 saturated heterocycles. The zero-order chi connectivity index (χ0) is 16.1. The Labute approximate surface area is 134 Å². The molecule has 1 amide bonds. The van der Waals surface area contributed by atoms with E-state index in [1.807, 2.05) is 19.1 Å². The summed E-state index contributed by atoms with van der Waals surface area (Å²) < 4.78 is 0. The third-order valence-corrected chi connectivity index (χ3v) is 4.67. The van der Waals surface area contributed by atoms with Gasteiger partial charge in [-0.2, -0.15) is 0 Å². The van der Waals surface area contributed by atoms with Gasteiger partial charge in [-0.15, -0.1) is 0 Å². The van der Waals surface area contributed by atoms with Crippen LogP contribution in [0.4, 0.5) is 5.69 Å². The smallest absolute Gasteiger partial charge is 0.251 e. The normalized spacial score (nSPS) is 22.5. The lowest BCUT2D eigenvalue weighted by molar-refractivity contribution is 0.0946. The molecule has 1 aliphatic rings. The van der Waals surface area contributed by atoms with Crippen LogP contribution in [-0.2, 0) is 6.54 Å². The number of hydrogen-bond donors (Lipinski definition) is 2. The number of amides is 1. The minimum atomic E-state index is -0.0418. The molecule has 0 radical (unpaired) electrons. The largest absolute Gasteiger partial charge is 0.398 e. The summed E-state index contributed by atoms with van der Waals surface area (Å²) in [5.41, 5.74) is 8.67. The lowest BCUT2D eigenvalue weighted by Gasteiger charge is -2.39. The molecule has 4 nitrogen and oxygen atoms in total. The zero-order valence-electron chi connectivity index (χ0n) is 14.1. The summed E-state index contributed by atoms with van der Waals surface area (Å²) >= 11 is 0. The van der Waals surface area contributed by atoms with Crippen LogP contribution < -0.4 is 11.1 Å². The van der Waals surface area contributed by atoms with Crippen LogP contribution in [0.5, 0.6) is 0 Å². The van der Waals surface area contributed by atoms with Gasteiger partial charge in [-0.25, -0.2) is 0 Å². The Morgan fingerprint density at radius 2 is 2.00 bits per heavy atom. The first kappa shape index (κ1) is 16.8. The Balaban J connectivity index is 2.07. The number of piperidine rings is 1. The Morgan fingerprint density at radius 1 is 1.32 bits per heavy atom. The second-order valence-electron chi connectivity index (χ2n) is 6.47. The van der Waals surface area contributed by atoms with Crippen LogP contribution in [-0.4, -0.2) is 29.4 Å². The van der Waals surface area contributed by atoms with Gasteiger partial charge in [-0.3, -0.25) is 9.69 Å². The summed E-state index contributed by atoms with van der Waals surface area (Å²) in [6.07, 6.45) is 4.75. The monoisotopic (exact) mass is 303 g/mol. The summed E-state index contributed by atoms with van der Waals surface area (Å²) in [6, 6.07) is 6.88. The number of rotatable bonds is 5. The fourth-order valence-corrected chi connectivity index (χ4v) is 3.20. The molecule has 0 bridgehead atoms. The maximum absolute atomic E-state index is 12.0. The predicted octanol–water partition coefficient (Wildman–Crippen LogP) is 3.17. The number of nitrogens with one attached hydrogen (secondary N) is 1.